The van der Waals surface area contributed by atoms with Gasteiger partial charge < -0.3 is 9.73 Å². The van der Waals surface area contributed by atoms with Crippen LogP contribution < -0.4 is 5.32 Å². The van der Waals surface area contributed by atoms with E-state index >= 15 is 0 Å². The van der Waals surface area contributed by atoms with Crippen LogP contribution in [-0.2, 0) is 17.8 Å². The molecule has 0 radical (unpaired) electrons. The number of fused-ring (bicyclic) bond motifs is 1. The zero-order chi connectivity index (χ0) is 13.8. The minimum atomic E-state index is -0.0345. The van der Waals surface area contributed by atoms with Gasteiger partial charge in [-0.3, -0.25) is 9.78 Å². The van der Waals surface area contributed by atoms with Gasteiger partial charge in [0.25, 0.3) is 0 Å². The molecule has 0 saturated heterocycles. The fourth-order valence-electron chi connectivity index (χ4n) is 1.96. The summed E-state index contributed by atoms with van der Waals surface area (Å²) in [5.41, 5.74) is 3.37. The molecular formula is C15H13N3O2. The van der Waals surface area contributed by atoms with Gasteiger partial charge in [0.05, 0.1) is 6.42 Å². The van der Waals surface area contributed by atoms with Crippen LogP contribution in [0.3, 0.4) is 0 Å². The highest BCUT2D eigenvalue weighted by atomic mass is 16.3. The highest BCUT2D eigenvalue weighted by Gasteiger charge is 2.06. The molecule has 2 aromatic heterocycles. The first-order valence-electron chi connectivity index (χ1n) is 6.29. The van der Waals surface area contributed by atoms with Crippen molar-refractivity contribution in [3.05, 3.63) is 60.2 Å². The lowest BCUT2D eigenvalue weighted by molar-refractivity contribution is -0.120. The number of rotatable bonds is 4. The zero-order valence-electron chi connectivity index (χ0n) is 10.7. The molecule has 20 heavy (non-hydrogen) atoms. The SMILES string of the molecule is O=C(Cc1ccc2ncoc2c1)NCc1cccnc1. The predicted octanol–water partition coefficient (Wildman–Crippen LogP) is 2.08. The summed E-state index contributed by atoms with van der Waals surface area (Å²) < 4.78 is 5.22. The van der Waals surface area contributed by atoms with Crippen molar-refractivity contribution >= 4 is 17.0 Å². The van der Waals surface area contributed by atoms with Crippen LogP contribution >= 0.6 is 0 Å². The van der Waals surface area contributed by atoms with E-state index in [1.54, 1.807) is 12.4 Å². The molecule has 0 aliphatic heterocycles. The van der Waals surface area contributed by atoms with E-state index in [4.69, 9.17) is 4.42 Å². The minimum Gasteiger partial charge on any atom is -0.443 e. The first-order valence-corrected chi connectivity index (χ1v) is 6.29. The molecule has 100 valence electrons. The molecule has 0 spiro atoms. The van der Waals surface area contributed by atoms with E-state index in [-0.39, 0.29) is 5.91 Å². The van der Waals surface area contributed by atoms with Crippen LogP contribution in [0.1, 0.15) is 11.1 Å². The maximum atomic E-state index is 11.9. The molecule has 5 heteroatoms. The van der Waals surface area contributed by atoms with Gasteiger partial charge in [-0.2, -0.15) is 0 Å². The van der Waals surface area contributed by atoms with Crippen LogP contribution in [0, 0.1) is 0 Å². The van der Waals surface area contributed by atoms with Gasteiger partial charge in [-0.05, 0) is 29.3 Å². The van der Waals surface area contributed by atoms with Crippen LogP contribution in [0.25, 0.3) is 11.1 Å². The maximum absolute atomic E-state index is 11.9. The van der Waals surface area contributed by atoms with Gasteiger partial charge >= 0.3 is 0 Å². The number of amides is 1. The zero-order valence-corrected chi connectivity index (χ0v) is 10.7. The standard InChI is InChI=1S/C15H13N3O2/c19-15(17-9-12-2-1-5-16-8-12)7-11-3-4-13-14(6-11)20-10-18-13/h1-6,8,10H,7,9H2,(H,17,19). The van der Waals surface area contributed by atoms with Crippen LogP contribution in [-0.4, -0.2) is 15.9 Å². The molecular weight excluding hydrogens is 254 g/mol. The van der Waals surface area contributed by atoms with Gasteiger partial charge in [-0.1, -0.05) is 12.1 Å². The van der Waals surface area contributed by atoms with Crippen LogP contribution in [0.2, 0.25) is 0 Å². The molecule has 1 amide bonds. The van der Waals surface area contributed by atoms with E-state index < -0.39 is 0 Å². The van der Waals surface area contributed by atoms with Crippen molar-refractivity contribution in [1.82, 2.24) is 15.3 Å². The van der Waals surface area contributed by atoms with Crippen molar-refractivity contribution in [3.63, 3.8) is 0 Å². The lowest BCUT2D eigenvalue weighted by Crippen LogP contribution is -2.24. The second-order valence-electron chi connectivity index (χ2n) is 4.47. The predicted molar refractivity (Wildman–Crippen MR) is 73.8 cm³/mol. The Morgan fingerprint density at radius 1 is 1.25 bits per heavy atom. The Balaban J connectivity index is 1.61. The van der Waals surface area contributed by atoms with Gasteiger partial charge in [-0.15, -0.1) is 0 Å². The summed E-state index contributed by atoms with van der Waals surface area (Å²) >= 11 is 0. The van der Waals surface area contributed by atoms with Crippen LogP contribution in [0.4, 0.5) is 0 Å². The highest BCUT2D eigenvalue weighted by molar-refractivity contribution is 5.80. The Labute approximate surface area is 115 Å². The Morgan fingerprint density at radius 3 is 3.05 bits per heavy atom. The number of nitrogens with one attached hydrogen (secondary N) is 1. The van der Waals surface area contributed by atoms with E-state index in [9.17, 15) is 4.79 Å². The second-order valence-corrected chi connectivity index (χ2v) is 4.47. The second kappa shape index (κ2) is 5.52. The first kappa shape index (κ1) is 12.3. The Bertz CT molecular complexity index is 722. The summed E-state index contributed by atoms with van der Waals surface area (Å²) in [6.45, 7) is 0.483. The summed E-state index contributed by atoms with van der Waals surface area (Å²) in [6, 6.07) is 9.34. The number of benzene rings is 1. The molecule has 0 atom stereocenters. The molecule has 3 aromatic rings. The molecule has 3 rings (SSSR count). The quantitative estimate of drug-likeness (QED) is 0.785. The van der Waals surface area contributed by atoms with Crippen molar-refractivity contribution in [1.29, 1.82) is 0 Å². The van der Waals surface area contributed by atoms with E-state index in [1.807, 2.05) is 30.3 Å². The molecule has 2 heterocycles. The number of pyridine rings is 1. The fraction of sp³-hybridized carbons (Fsp3) is 0.133. The van der Waals surface area contributed by atoms with Gasteiger partial charge in [0.1, 0.15) is 5.52 Å². The largest absolute Gasteiger partial charge is 0.443 e. The molecule has 5 nitrogen and oxygen atoms in total. The molecule has 0 saturated carbocycles. The summed E-state index contributed by atoms with van der Waals surface area (Å²) in [6.07, 6.45) is 5.16. The molecule has 0 aliphatic rings. The van der Waals surface area contributed by atoms with Crippen molar-refractivity contribution < 1.29 is 9.21 Å². The topological polar surface area (TPSA) is 68.0 Å². The van der Waals surface area contributed by atoms with E-state index in [0.29, 0.717) is 18.5 Å². The maximum Gasteiger partial charge on any atom is 0.224 e. The van der Waals surface area contributed by atoms with Crippen LogP contribution in [0.15, 0.2) is 53.5 Å². The fourth-order valence-corrected chi connectivity index (χ4v) is 1.96. The monoisotopic (exact) mass is 267 g/mol. The normalized spacial score (nSPS) is 10.6. The van der Waals surface area contributed by atoms with Gasteiger partial charge in [0.15, 0.2) is 12.0 Å². The average Bonchev–Trinajstić information content (AvgIpc) is 2.94. The van der Waals surface area contributed by atoms with E-state index in [2.05, 4.69) is 15.3 Å². The minimum absolute atomic E-state index is 0.0345. The summed E-state index contributed by atoms with van der Waals surface area (Å²) in [5, 5.41) is 2.86. The number of aromatic nitrogens is 2. The molecule has 0 fully saturated rings. The number of carbonyl (C=O) groups is 1. The van der Waals surface area contributed by atoms with E-state index in [1.165, 1.54) is 6.39 Å². The van der Waals surface area contributed by atoms with Gasteiger partial charge in [-0.25, -0.2) is 4.98 Å². The number of hydrogen-bond donors (Lipinski definition) is 1. The summed E-state index contributed by atoms with van der Waals surface area (Å²) in [4.78, 5) is 19.9. The Kier molecular flexibility index (Phi) is 3.41. The lowest BCUT2D eigenvalue weighted by atomic mass is 10.1. The van der Waals surface area contributed by atoms with Gasteiger partial charge in [0, 0.05) is 18.9 Å². The highest BCUT2D eigenvalue weighted by Crippen LogP contribution is 2.14. The third-order valence-corrected chi connectivity index (χ3v) is 2.97. The summed E-state index contributed by atoms with van der Waals surface area (Å²) in [7, 11) is 0. The third kappa shape index (κ3) is 2.83. The molecule has 1 N–H and O–H groups in total. The summed E-state index contributed by atoms with van der Waals surface area (Å²) in [5.74, 6) is -0.0345. The van der Waals surface area contributed by atoms with Crippen LogP contribution in [0.5, 0.6) is 0 Å². The number of nitrogens with zero attached hydrogens (tertiary/aromatic N) is 2. The van der Waals surface area contributed by atoms with Crippen molar-refractivity contribution in [2.24, 2.45) is 0 Å². The Hall–Kier alpha value is -2.69. The first-order chi connectivity index (χ1) is 9.81. The average molecular weight is 267 g/mol. The Morgan fingerprint density at radius 2 is 2.20 bits per heavy atom. The van der Waals surface area contributed by atoms with Crippen molar-refractivity contribution in [2.45, 2.75) is 13.0 Å². The van der Waals surface area contributed by atoms with Crippen molar-refractivity contribution in [3.8, 4) is 0 Å². The lowest BCUT2D eigenvalue weighted by Gasteiger charge is -2.05. The molecule has 0 bridgehead atoms. The third-order valence-electron chi connectivity index (χ3n) is 2.97. The number of hydrogen-bond acceptors (Lipinski definition) is 4. The van der Waals surface area contributed by atoms with Crippen molar-refractivity contribution in [2.75, 3.05) is 0 Å². The molecule has 0 unspecified atom stereocenters. The van der Waals surface area contributed by atoms with Gasteiger partial charge in [0.2, 0.25) is 5.91 Å². The number of oxazole rings is 1. The van der Waals surface area contributed by atoms with E-state index in [0.717, 1.165) is 16.6 Å². The number of carbonyl (C=O) groups excluding carboxylic acids is 1. The molecule has 1 aromatic carbocycles. The smallest absolute Gasteiger partial charge is 0.224 e. The molecule has 0 aliphatic carbocycles.